The summed E-state index contributed by atoms with van der Waals surface area (Å²) in [6.07, 6.45) is 0. The molecule has 0 saturated carbocycles. The fourth-order valence-electron chi connectivity index (χ4n) is 0. The minimum atomic E-state index is -7.51. The molecule has 0 saturated heterocycles. The molecule has 0 unspecified atom stereocenters. The van der Waals surface area contributed by atoms with Crippen molar-refractivity contribution in [3.8, 4) is 0 Å². The summed E-state index contributed by atoms with van der Waals surface area (Å²) >= 11 is -7.51. The monoisotopic (exact) mass is 174 g/mol. The third-order valence-electron chi connectivity index (χ3n) is 0. The van der Waals surface area contributed by atoms with Gasteiger partial charge in [-0.15, -0.1) is 0 Å². The standard InChI is InChI=1S/K.Mn.5O/q+1;;;;;;-1. The molecule has 0 bridgehead atoms. The van der Waals surface area contributed by atoms with E-state index in [1.54, 1.807) is 0 Å². The van der Waals surface area contributed by atoms with E-state index in [9.17, 15) is 0 Å². The quantitative estimate of drug-likeness (QED) is 0.344. The zero-order valence-electron chi connectivity index (χ0n) is 3.42. The summed E-state index contributed by atoms with van der Waals surface area (Å²) < 4.78 is 43.1. The molecule has 0 heterocycles. The molecule has 0 spiro atoms. The topological polar surface area (TPSA) is 91.3 Å². The predicted octanol–water partition coefficient (Wildman–Crippen LogP) is -4.66. The van der Waals surface area contributed by atoms with Crippen LogP contribution in [0.2, 0.25) is 0 Å². The van der Waals surface area contributed by atoms with Crippen molar-refractivity contribution in [2.45, 2.75) is 0 Å². The number of rotatable bonds is 0. The third-order valence-corrected chi connectivity index (χ3v) is 0. The van der Waals surface area contributed by atoms with Crippen LogP contribution in [0.4, 0.5) is 0 Å². The van der Waals surface area contributed by atoms with Gasteiger partial charge in [0.25, 0.3) is 0 Å². The van der Waals surface area contributed by atoms with E-state index >= 15 is 0 Å². The Hall–Kier alpha value is 1.32. The molecule has 0 atom stereocenters. The Kier molecular flexibility index (Phi) is 3.63. The van der Waals surface area contributed by atoms with Gasteiger partial charge in [-0.2, -0.15) is 0 Å². The van der Waals surface area contributed by atoms with Gasteiger partial charge >= 0.3 is 82.8 Å². The van der Waals surface area contributed by atoms with E-state index in [-0.39, 0.29) is 51.4 Å². The van der Waals surface area contributed by atoms with Crippen molar-refractivity contribution >= 4 is 0 Å². The van der Waals surface area contributed by atoms with Gasteiger partial charge < -0.3 is 0 Å². The minimum absolute atomic E-state index is 0. The first-order valence-electron chi connectivity index (χ1n) is 0.772. The van der Waals surface area contributed by atoms with E-state index in [0.717, 1.165) is 0 Å². The molecule has 7 heavy (non-hydrogen) atoms. The Balaban J connectivity index is 0. The van der Waals surface area contributed by atoms with Crippen LogP contribution in [0.3, 0.4) is 0 Å². The second kappa shape index (κ2) is 2.28. The van der Waals surface area contributed by atoms with Crippen LogP contribution in [-0.4, -0.2) is 0 Å². The van der Waals surface area contributed by atoms with Crippen LogP contribution in [-0.2, 0) is 27.2 Å². The van der Waals surface area contributed by atoms with Crippen LogP contribution >= 0.6 is 0 Å². The number of hydrogen-bond donors (Lipinski definition) is 0. The Morgan fingerprint density at radius 1 is 1.00 bits per heavy atom. The zero-order valence-corrected chi connectivity index (χ0v) is 7.72. The molecule has 0 fully saturated rings. The summed E-state index contributed by atoms with van der Waals surface area (Å²) in [5, 5.41) is 0. The molecular formula is KMnO5. The van der Waals surface area contributed by atoms with Gasteiger partial charge in [0.2, 0.25) is 0 Å². The third kappa shape index (κ3) is 119. The molecule has 0 N–H and O–H groups in total. The van der Waals surface area contributed by atoms with Gasteiger partial charge in [0, 0.05) is 0 Å². The SMILES string of the molecule is [K+].[O]=[Mn](=[O])(=[O])(=[O])[O-]. The Labute approximate surface area is 81.2 Å². The van der Waals surface area contributed by atoms with E-state index in [2.05, 4.69) is 0 Å². The molecule has 0 aliphatic carbocycles. The zero-order chi connectivity index (χ0) is 5.45. The van der Waals surface area contributed by atoms with Crippen LogP contribution in [0.1, 0.15) is 0 Å². The van der Waals surface area contributed by atoms with Crippen molar-refractivity contribution in [1.82, 2.24) is 0 Å². The van der Waals surface area contributed by atoms with Crippen LogP contribution < -0.4 is 55.6 Å². The molecule has 0 aromatic heterocycles. The van der Waals surface area contributed by atoms with Crippen LogP contribution in [0.5, 0.6) is 0 Å². The van der Waals surface area contributed by atoms with Crippen molar-refractivity contribution in [2.24, 2.45) is 0 Å². The first kappa shape index (κ1) is 11.2. The first-order chi connectivity index (χ1) is 2.24. The molecule has 0 aromatic carbocycles. The molecule has 0 aliphatic heterocycles. The summed E-state index contributed by atoms with van der Waals surface area (Å²) in [7, 11) is 0. The summed E-state index contributed by atoms with van der Waals surface area (Å²) in [6.45, 7) is 0. The average Bonchev–Trinajstić information content (AvgIpc) is 0.650. The van der Waals surface area contributed by atoms with Crippen LogP contribution in [0, 0.1) is 0 Å². The molecule has 0 aliphatic rings. The first-order valence-corrected chi connectivity index (χ1v) is 3.18. The maximum absolute atomic E-state index is 8.61. The van der Waals surface area contributed by atoms with E-state index < -0.39 is 11.8 Å². The van der Waals surface area contributed by atoms with Crippen molar-refractivity contribution in [2.75, 3.05) is 0 Å². The molecular weight excluding hydrogens is 174 g/mol. The summed E-state index contributed by atoms with van der Waals surface area (Å²) in [5.74, 6) is 0. The molecule has 0 amide bonds. The Morgan fingerprint density at radius 2 is 1.00 bits per heavy atom. The summed E-state index contributed by atoms with van der Waals surface area (Å²) in [5.41, 5.74) is 0. The molecule has 7 heteroatoms. The van der Waals surface area contributed by atoms with Crippen molar-refractivity contribution in [3.05, 3.63) is 0 Å². The van der Waals surface area contributed by atoms with Gasteiger partial charge in [0.1, 0.15) is 0 Å². The Bertz CT molecular complexity index is 238. The van der Waals surface area contributed by atoms with Crippen molar-refractivity contribution < 1.29 is 82.8 Å². The van der Waals surface area contributed by atoms with E-state index in [1.807, 2.05) is 0 Å². The number of hydrogen-bond acceptors (Lipinski definition) is 5. The molecule has 5 nitrogen and oxygen atoms in total. The maximum atomic E-state index is 8.61. The second-order valence-corrected chi connectivity index (χ2v) is 2.60. The molecule has 0 rings (SSSR count). The molecule has 38 valence electrons. The molecule has 0 radical (unpaired) electrons. The second-order valence-electron chi connectivity index (χ2n) is 0.630. The van der Waals surface area contributed by atoms with Crippen LogP contribution in [0.15, 0.2) is 0 Å². The predicted molar refractivity (Wildman–Crippen MR) is 2.75 cm³/mol. The van der Waals surface area contributed by atoms with Gasteiger partial charge in [-0.25, -0.2) is 0 Å². The van der Waals surface area contributed by atoms with Crippen molar-refractivity contribution in [3.63, 3.8) is 0 Å². The van der Waals surface area contributed by atoms with Crippen molar-refractivity contribution in [1.29, 1.82) is 0 Å². The van der Waals surface area contributed by atoms with E-state index in [0.29, 0.717) is 0 Å². The fourth-order valence-corrected chi connectivity index (χ4v) is 0. The Morgan fingerprint density at radius 3 is 1.00 bits per heavy atom. The van der Waals surface area contributed by atoms with Crippen LogP contribution in [0.25, 0.3) is 0 Å². The normalized spacial score (nSPS) is 12.3. The van der Waals surface area contributed by atoms with Gasteiger partial charge in [0.05, 0.1) is 0 Å². The van der Waals surface area contributed by atoms with Gasteiger partial charge in [-0.05, 0) is 0 Å². The van der Waals surface area contributed by atoms with E-state index in [4.69, 9.17) is 19.5 Å². The summed E-state index contributed by atoms with van der Waals surface area (Å²) in [4.78, 5) is 0. The average molecular weight is 174 g/mol. The van der Waals surface area contributed by atoms with E-state index in [1.165, 1.54) is 0 Å². The van der Waals surface area contributed by atoms with Gasteiger partial charge in [-0.1, -0.05) is 0 Å². The van der Waals surface area contributed by atoms with Gasteiger partial charge in [-0.3, -0.25) is 0 Å². The van der Waals surface area contributed by atoms with Gasteiger partial charge in [0.15, 0.2) is 0 Å². The molecule has 0 aromatic rings. The summed E-state index contributed by atoms with van der Waals surface area (Å²) in [6, 6.07) is 0. The fraction of sp³-hybridized carbons (Fsp3) is 0.